The second-order valence-corrected chi connectivity index (χ2v) is 3.27. The Morgan fingerprint density at radius 3 is 2.94 bits per heavy atom. The second kappa shape index (κ2) is 4.28. The van der Waals surface area contributed by atoms with Crippen molar-refractivity contribution in [3.8, 4) is 11.3 Å². The van der Waals surface area contributed by atoms with E-state index in [9.17, 15) is 9.18 Å². The Balaban J connectivity index is 2.58. The molecule has 0 fully saturated rings. The van der Waals surface area contributed by atoms with Crippen molar-refractivity contribution in [2.75, 3.05) is 7.11 Å². The highest BCUT2D eigenvalue weighted by atomic mass is 19.1. The smallest absolute Gasteiger partial charge is 0.356 e. The Kier molecular flexibility index (Phi) is 2.82. The summed E-state index contributed by atoms with van der Waals surface area (Å²) in [6.45, 7) is 1.51. The Morgan fingerprint density at radius 1 is 1.47 bits per heavy atom. The van der Waals surface area contributed by atoms with Gasteiger partial charge in [0.15, 0.2) is 11.5 Å². The van der Waals surface area contributed by atoms with Crippen LogP contribution in [-0.2, 0) is 4.74 Å². The summed E-state index contributed by atoms with van der Waals surface area (Å²) in [6, 6.07) is 0. The minimum atomic E-state index is -0.631. The molecular weight excluding hydrogens is 227 g/mol. The van der Waals surface area contributed by atoms with E-state index in [4.69, 9.17) is 0 Å². The number of nitrogens with zero attached hydrogens (tertiary/aromatic N) is 3. The summed E-state index contributed by atoms with van der Waals surface area (Å²) in [6.07, 6.45) is 2.54. The average Bonchev–Trinajstić information content (AvgIpc) is 2.80. The summed E-state index contributed by atoms with van der Waals surface area (Å²) in [4.78, 5) is 18.9. The lowest BCUT2D eigenvalue weighted by atomic mass is 10.1. The molecule has 0 aliphatic heterocycles. The Morgan fingerprint density at radius 2 is 2.24 bits per heavy atom. The molecule has 0 aliphatic carbocycles. The fraction of sp³-hybridized carbons (Fsp3) is 0.200. The van der Waals surface area contributed by atoms with Gasteiger partial charge in [0, 0.05) is 0 Å². The van der Waals surface area contributed by atoms with Crippen LogP contribution in [0.4, 0.5) is 4.39 Å². The molecular formula is C10H9FN4O2. The van der Waals surface area contributed by atoms with Crippen LogP contribution in [0, 0.1) is 12.7 Å². The van der Waals surface area contributed by atoms with Gasteiger partial charge >= 0.3 is 5.97 Å². The Hall–Kier alpha value is -2.31. The van der Waals surface area contributed by atoms with Crippen LogP contribution in [0.25, 0.3) is 11.3 Å². The van der Waals surface area contributed by atoms with Crippen LogP contribution in [0.3, 0.4) is 0 Å². The number of ether oxygens (including phenoxy) is 1. The largest absolute Gasteiger partial charge is 0.464 e. The first-order chi connectivity index (χ1) is 8.15. The third kappa shape index (κ3) is 1.86. The highest BCUT2D eigenvalue weighted by Crippen LogP contribution is 2.23. The van der Waals surface area contributed by atoms with E-state index in [-0.39, 0.29) is 22.6 Å². The van der Waals surface area contributed by atoms with Crippen molar-refractivity contribution in [1.82, 2.24) is 20.2 Å². The summed E-state index contributed by atoms with van der Waals surface area (Å²) < 4.78 is 18.3. The number of esters is 1. The van der Waals surface area contributed by atoms with Gasteiger partial charge in [-0.25, -0.2) is 19.2 Å². The zero-order valence-electron chi connectivity index (χ0n) is 9.19. The summed E-state index contributed by atoms with van der Waals surface area (Å²) >= 11 is 0. The minimum absolute atomic E-state index is 0.0200. The lowest BCUT2D eigenvalue weighted by Crippen LogP contribution is -2.05. The number of aryl methyl sites for hydroxylation is 1. The van der Waals surface area contributed by atoms with Crippen LogP contribution in [-0.4, -0.2) is 33.2 Å². The van der Waals surface area contributed by atoms with E-state index in [1.807, 2.05) is 0 Å². The number of H-pyrrole nitrogens is 1. The summed E-state index contributed by atoms with van der Waals surface area (Å²) in [5.41, 5.74) is 0.531. The molecule has 0 atom stereocenters. The van der Waals surface area contributed by atoms with E-state index in [2.05, 4.69) is 24.9 Å². The molecule has 1 N–H and O–H groups in total. The molecule has 0 aromatic carbocycles. The molecule has 0 radical (unpaired) electrons. The number of carbonyl (C=O) groups excluding carboxylic acids is 1. The van der Waals surface area contributed by atoms with E-state index in [1.165, 1.54) is 26.6 Å². The quantitative estimate of drug-likeness (QED) is 0.789. The number of aromatic nitrogens is 4. The van der Waals surface area contributed by atoms with Crippen LogP contribution in [0.5, 0.6) is 0 Å². The molecule has 2 rings (SSSR count). The predicted molar refractivity (Wildman–Crippen MR) is 55.6 cm³/mol. The lowest BCUT2D eigenvalue weighted by molar-refractivity contribution is 0.0595. The van der Waals surface area contributed by atoms with E-state index < -0.39 is 11.8 Å². The normalized spacial score (nSPS) is 10.3. The average molecular weight is 236 g/mol. The van der Waals surface area contributed by atoms with Crippen molar-refractivity contribution in [3.63, 3.8) is 0 Å². The maximum atomic E-state index is 13.8. The summed E-state index contributed by atoms with van der Waals surface area (Å²) in [5.74, 6) is -1.22. The Bertz CT molecular complexity index is 567. The molecule has 0 bridgehead atoms. The third-order valence-electron chi connectivity index (χ3n) is 2.25. The second-order valence-electron chi connectivity index (χ2n) is 3.27. The van der Waals surface area contributed by atoms with Gasteiger partial charge in [0.25, 0.3) is 0 Å². The topological polar surface area (TPSA) is 80.8 Å². The third-order valence-corrected chi connectivity index (χ3v) is 2.25. The minimum Gasteiger partial charge on any atom is -0.464 e. The summed E-state index contributed by atoms with van der Waals surface area (Å²) in [7, 11) is 1.23. The molecule has 0 amide bonds. The number of hydrogen-bond donors (Lipinski definition) is 1. The van der Waals surface area contributed by atoms with Crippen LogP contribution in [0.2, 0.25) is 0 Å². The van der Waals surface area contributed by atoms with Gasteiger partial charge in [-0.3, -0.25) is 5.10 Å². The highest BCUT2D eigenvalue weighted by molar-refractivity contribution is 5.94. The number of methoxy groups -OCH3 is 1. The van der Waals surface area contributed by atoms with Crippen molar-refractivity contribution in [2.45, 2.75) is 6.92 Å². The van der Waals surface area contributed by atoms with E-state index in [0.717, 1.165) is 0 Å². The standard InChI is InChI=1S/C10H9FN4O2/c1-5-7(11)8(13-4-12-5)6-3-14-15-9(6)10(16)17-2/h3-4H,1-2H3,(H,14,15). The van der Waals surface area contributed by atoms with Crippen molar-refractivity contribution < 1.29 is 13.9 Å². The van der Waals surface area contributed by atoms with Gasteiger partial charge in [-0.2, -0.15) is 5.10 Å². The van der Waals surface area contributed by atoms with Gasteiger partial charge in [-0.05, 0) is 6.92 Å². The van der Waals surface area contributed by atoms with Crippen LogP contribution < -0.4 is 0 Å². The zero-order valence-corrected chi connectivity index (χ0v) is 9.19. The monoisotopic (exact) mass is 236 g/mol. The van der Waals surface area contributed by atoms with Gasteiger partial charge in [0.05, 0.1) is 24.6 Å². The number of halogens is 1. The fourth-order valence-electron chi connectivity index (χ4n) is 1.37. The van der Waals surface area contributed by atoms with Gasteiger partial charge in [0.1, 0.15) is 12.0 Å². The summed E-state index contributed by atoms with van der Waals surface area (Å²) in [5, 5.41) is 6.14. The SMILES string of the molecule is COC(=O)c1[nH]ncc1-c1ncnc(C)c1F. The molecule has 2 aromatic rings. The Labute approximate surface area is 95.9 Å². The number of nitrogens with one attached hydrogen (secondary N) is 1. The van der Waals surface area contributed by atoms with Gasteiger partial charge in [-0.15, -0.1) is 0 Å². The molecule has 0 unspecified atom stereocenters. The molecule has 0 saturated heterocycles. The zero-order chi connectivity index (χ0) is 12.4. The fourth-order valence-corrected chi connectivity index (χ4v) is 1.37. The van der Waals surface area contributed by atoms with Crippen LogP contribution in [0.15, 0.2) is 12.5 Å². The molecule has 0 saturated carbocycles. The molecule has 88 valence electrons. The van der Waals surface area contributed by atoms with E-state index in [0.29, 0.717) is 0 Å². The highest BCUT2D eigenvalue weighted by Gasteiger charge is 2.20. The predicted octanol–water partition coefficient (Wildman–Crippen LogP) is 1.10. The van der Waals surface area contributed by atoms with Crippen molar-refractivity contribution in [3.05, 3.63) is 29.7 Å². The van der Waals surface area contributed by atoms with Crippen LogP contribution in [0.1, 0.15) is 16.2 Å². The van der Waals surface area contributed by atoms with E-state index >= 15 is 0 Å². The van der Waals surface area contributed by atoms with Crippen molar-refractivity contribution >= 4 is 5.97 Å². The molecule has 6 nitrogen and oxygen atoms in total. The molecule has 17 heavy (non-hydrogen) atoms. The maximum absolute atomic E-state index is 13.8. The first kappa shape index (κ1) is 11.2. The number of rotatable bonds is 2. The lowest BCUT2D eigenvalue weighted by Gasteiger charge is -2.03. The number of carbonyl (C=O) groups is 1. The number of aromatic amines is 1. The first-order valence-electron chi connectivity index (χ1n) is 4.74. The van der Waals surface area contributed by atoms with E-state index in [1.54, 1.807) is 0 Å². The van der Waals surface area contributed by atoms with Crippen LogP contribution >= 0.6 is 0 Å². The van der Waals surface area contributed by atoms with Gasteiger partial charge in [0.2, 0.25) is 0 Å². The van der Waals surface area contributed by atoms with Crippen molar-refractivity contribution in [1.29, 1.82) is 0 Å². The molecule has 7 heteroatoms. The molecule has 2 heterocycles. The maximum Gasteiger partial charge on any atom is 0.356 e. The molecule has 2 aromatic heterocycles. The first-order valence-corrected chi connectivity index (χ1v) is 4.74. The molecule has 0 spiro atoms. The number of hydrogen-bond acceptors (Lipinski definition) is 5. The van der Waals surface area contributed by atoms with Gasteiger partial charge in [-0.1, -0.05) is 0 Å². The van der Waals surface area contributed by atoms with Crippen molar-refractivity contribution in [2.24, 2.45) is 0 Å². The van der Waals surface area contributed by atoms with Gasteiger partial charge < -0.3 is 4.74 Å². The molecule has 0 aliphatic rings.